The van der Waals surface area contributed by atoms with Gasteiger partial charge in [0.1, 0.15) is 0 Å². The molecule has 0 radical (unpaired) electrons. The van der Waals surface area contributed by atoms with Crippen molar-refractivity contribution in [1.82, 2.24) is 0 Å². The number of allylic oxidation sites excluding steroid dienone is 2. The van der Waals surface area contributed by atoms with Crippen LogP contribution in [0.4, 0.5) is 0 Å². The zero-order valence-corrected chi connectivity index (χ0v) is 29.6. The van der Waals surface area contributed by atoms with Gasteiger partial charge in [-0.25, -0.2) is 0 Å². The molecule has 6 aliphatic rings. The normalized spacial score (nSPS) is 43.9. The summed E-state index contributed by atoms with van der Waals surface area (Å²) in [5.74, 6) is 1.12. The quantitative estimate of drug-likeness (QED) is 0.239. The number of ether oxygens (including phenoxy) is 1. The van der Waals surface area contributed by atoms with Crippen LogP contribution in [0.1, 0.15) is 101 Å². The Morgan fingerprint density at radius 3 is 1.98 bits per heavy atom. The lowest BCUT2D eigenvalue weighted by atomic mass is 9.35. The van der Waals surface area contributed by atoms with E-state index in [1.165, 1.54) is 24.6 Å². The molecule has 2 heterocycles. The minimum absolute atomic E-state index is 0.0592. The molecule has 4 aliphatic carbocycles. The summed E-state index contributed by atoms with van der Waals surface area (Å²) in [6.45, 7) is 24.7. The Morgan fingerprint density at radius 1 is 0.850 bits per heavy atom. The monoisotopic (exact) mass is 588 g/mol. The molecule has 2 saturated heterocycles. The fourth-order valence-corrected chi connectivity index (χ4v) is 17.3. The van der Waals surface area contributed by atoms with E-state index in [-0.39, 0.29) is 33.7 Å². The maximum absolute atomic E-state index is 13.4. The Bertz CT molecular complexity index is 989. The highest BCUT2D eigenvalue weighted by Gasteiger charge is 2.76. The molecule has 0 N–H and O–H groups in total. The summed E-state index contributed by atoms with van der Waals surface area (Å²) >= 11 is 0. The summed E-state index contributed by atoms with van der Waals surface area (Å²) in [4.78, 5) is 13.4. The van der Waals surface area contributed by atoms with Gasteiger partial charge in [0.2, 0.25) is 0 Å². The van der Waals surface area contributed by atoms with Crippen molar-refractivity contribution in [2.24, 2.45) is 39.4 Å². The molecule has 40 heavy (non-hydrogen) atoms. The SMILES string of the molecule is CC[Si](CC)(CC)O[C@@H]1CC2C(C)(C)C3(O[Si](CC)(CC)CC)CC[C@]2(CO3)[C@H]2CC[C@@]3(C)C(=O)C=C[C@H]3[C@@]21C. The number of hydrogen-bond acceptors (Lipinski definition) is 4. The molecule has 2 aliphatic heterocycles. The standard InChI is InChI=1S/C34H60O4Si2/c1-11-39(12-2,13-3)37-29-23-27-30(7,8)34(38-40(14-4,15-5)16-6)22-21-33(27,24-36-34)26-19-20-31(9)25(32(26,29)10)17-18-28(31)35/h17-18,25-27,29H,11-16,19-24H2,1-10H3/t25-,26+,27?,29-,31-,32+,33+,34?/m1/s1. The van der Waals surface area contributed by atoms with Crippen LogP contribution in [0.25, 0.3) is 0 Å². The van der Waals surface area contributed by atoms with Gasteiger partial charge in [-0.05, 0) is 85.8 Å². The minimum Gasteiger partial charge on any atom is -0.413 e. The highest BCUT2D eigenvalue weighted by molar-refractivity contribution is 6.74. The molecule has 4 nitrogen and oxygen atoms in total. The van der Waals surface area contributed by atoms with E-state index in [4.69, 9.17) is 13.6 Å². The summed E-state index contributed by atoms with van der Waals surface area (Å²) < 4.78 is 22.3. The minimum atomic E-state index is -1.88. The predicted octanol–water partition coefficient (Wildman–Crippen LogP) is 9.13. The van der Waals surface area contributed by atoms with Crippen LogP contribution in [-0.4, -0.2) is 40.9 Å². The van der Waals surface area contributed by atoms with Crippen molar-refractivity contribution in [1.29, 1.82) is 0 Å². The maximum Gasteiger partial charge on any atom is 0.195 e. The van der Waals surface area contributed by atoms with Gasteiger partial charge >= 0.3 is 0 Å². The van der Waals surface area contributed by atoms with E-state index in [9.17, 15) is 4.79 Å². The van der Waals surface area contributed by atoms with E-state index in [0.29, 0.717) is 17.6 Å². The molecule has 0 aromatic heterocycles. The molecule has 0 aromatic rings. The van der Waals surface area contributed by atoms with Crippen LogP contribution in [0.5, 0.6) is 0 Å². The third kappa shape index (κ3) is 3.87. The van der Waals surface area contributed by atoms with Crippen LogP contribution in [0.3, 0.4) is 0 Å². The largest absolute Gasteiger partial charge is 0.413 e. The van der Waals surface area contributed by atoms with Gasteiger partial charge in [0, 0.05) is 28.1 Å². The first-order valence-corrected chi connectivity index (χ1v) is 22.1. The van der Waals surface area contributed by atoms with Crippen molar-refractivity contribution in [2.45, 2.75) is 149 Å². The number of fused-ring (bicyclic) bond motifs is 5. The molecular weight excluding hydrogens is 529 g/mol. The molecule has 3 saturated carbocycles. The van der Waals surface area contributed by atoms with Gasteiger partial charge in [-0.15, -0.1) is 0 Å². The van der Waals surface area contributed by atoms with Gasteiger partial charge in [-0.1, -0.05) is 75.3 Å². The van der Waals surface area contributed by atoms with Crippen LogP contribution in [0, 0.1) is 39.4 Å². The molecule has 0 aromatic carbocycles. The smallest absolute Gasteiger partial charge is 0.195 e. The molecule has 2 bridgehead atoms. The second kappa shape index (κ2) is 10.1. The molecule has 228 valence electrons. The predicted molar refractivity (Wildman–Crippen MR) is 169 cm³/mol. The first-order chi connectivity index (χ1) is 18.8. The Kier molecular flexibility index (Phi) is 7.90. The van der Waals surface area contributed by atoms with E-state index >= 15 is 0 Å². The average Bonchev–Trinajstić information content (AvgIpc) is 3.27. The summed E-state index contributed by atoms with van der Waals surface area (Å²) in [7, 11) is -3.75. The summed E-state index contributed by atoms with van der Waals surface area (Å²) in [5.41, 5.74) is -0.294. The lowest BCUT2D eigenvalue weighted by molar-refractivity contribution is -0.395. The third-order valence-electron chi connectivity index (χ3n) is 14.6. The van der Waals surface area contributed by atoms with Crippen molar-refractivity contribution in [2.75, 3.05) is 6.61 Å². The Balaban J connectivity index is 1.62. The number of carbonyl (C=O) groups is 1. The van der Waals surface area contributed by atoms with Crippen LogP contribution in [0.15, 0.2) is 12.2 Å². The van der Waals surface area contributed by atoms with Crippen LogP contribution in [-0.2, 0) is 18.4 Å². The van der Waals surface area contributed by atoms with E-state index < -0.39 is 22.4 Å². The highest BCUT2D eigenvalue weighted by Crippen LogP contribution is 2.76. The second-order valence-corrected chi connectivity index (χ2v) is 25.0. The third-order valence-corrected chi connectivity index (χ3v) is 23.9. The first-order valence-electron chi connectivity index (χ1n) is 17.0. The van der Waals surface area contributed by atoms with Gasteiger partial charge < -0.3 is 13.6 Å². The van der Waals surface area contributed by atoms with E-state index in [2.05, 4.69) is 75.3 Å². The number of ketones is 1. The van der Waals surface area contributed by atoms with Gasteiger partial charge in [-0.2, -0.15) is 0 Å². The van der Waals surface area contributed by atoms with Gasteiger partial charge in [0.05, 0.1) is 12.7 Å². The summed E-state index contributed by atoms with van der Waals surface area (Å²) in [6.07, 6.45) is 9.79. The molecule has 2 unspecified atom stereocenters. The van der Waals surface area contributed by atoms with Crippen LogP contribution in [0.2, 0.25) is 36.3 Å². The number of carbonyl (C=O) groups excluding carboxylic acids is 1. The molecule has 6 rings (SSSR count). The summed E-state index contributed by atoms with van der Waals surface area (Å²) in [5, 5.41) is 0. The number of hydrogen-bond donors (Lipinski definition) is 0. The highest BCUT2D eigenvalue weighted by atomic mass is 28.4. The molecule has 0 amide bonds. The van der Waals surface area contributed by atoms with E-state index in [1.54, 1.807) is 0 Å². The fraction of sp³-hybridized carbons (Fsp3) is 0.912. The van der Waals surface area contributed by atoms with Crippen molar-refractivity contribution < 1.29 is 18.4 Å². The van der Waals surface area contributed by atoms with Gasteiger partial charge in [0.15, 0.2) is 28.2 Å². The zero-order chi connectivity index (χ0) is 29.4. The Labute approximate surface area is 248 Å². The van der Waals surface area contributed by atoms with Crippen molar-refractivity contribution in [3.8, 4) is 0 Å². The average molecular weight is 589 g/mol. The number of rotatable bonds is 10. The Morgan fingerprint density at radius 2 is 1.45 bits per heavy atom. The van der Waals surface area contributed by atoms with Gasteiger partial charge in [-0.3, -0.25) is 4.79 Å². The first kappa shape index (κ1) is 31.2. The van der Waals surface area contributed by atoms with Gasteiger partial charge in [0.25, 0.3) is 0 Å². The van der Waals surface area contributed by atoms with Crippen LogP contribution >= 0.6 is 0 Å². The van der Waals surface area contributed by atoms with E-state index in [1.807, 2.05) is 6.08 Å². The second-order valence-electron chi connectivity index (χ2n) is 15.6. The van der Waals surface area contributed by atoms with Crippen LogP contribution < -0.4 is 0 Å². The molecular formula is C34H60O4Si2. The summed E-state index contributed by atoms with van der Waals surface area (Å²) in [6, 6.07) is 6.97. The van der Waals surface area contributed by atoms with Crippen molar-refractivity contribution in [3.05, 3.63) is 12.2 Å². The van der Waals surface area contributed by atoms with Crippen molar-refractivity contribution >= 4 is 22.4 Å². The molecule has 1 spiro atoms. The Hall–Kier alpha value is -0.276. The molecule has 5 fully saturated rings. The van der Waals surface area contributed by atoms with E-state index in [0.717, 1.165) is 50.4 Å². The maximum atomic E-state index is 13.4. The fourth-order valence-electron chi connectivity index (χ4n) is 11.3. The molecule has 6 heteroatoms. The zero-order valence-electron chi connectivity index (χ0n) is 27.6. The lowest BCUT2D eigenvalue weighted by Crippen LogP contribution is -2.77. The van der Waals surface area contributed by atoms with Crippen molar-refractivity contribution in [3.63, 3.8) is 0 Å². The lowest BCUT2D eigenvalue weighted by Gasteiger charge is -2.75. The topological polar surface area (TPSA) is 44.8 Å². The molecule has 8 atom stereocenters.